The molecule has 4 nitrogen and oxygen atoms in total. The van der Waals surface area contributed by atoms with Crippen LogP contribution in [0, 0.1) is 13.8 Å². The van der Waals surface area contributed by atoms with Gasteiger partial charge < -0.3 is 10.6 Å². The number of carbonyl (C=O) groups excluding carboxylic acids is 2. The molecule has 0 saturated carbocycles. The van der Waals surface area contributed by atoms with Crippen LogP contribution in [-0.2, 0) is 11.2 Å². The Morgan fingerprint density at radius 1 is 1.00 bits per heavy atom. The third-order valence-corrected chi connectivity index (χ3v) is 3.57. The fraction of sp³-hybridized carbons (Fsp3) is 0.222. The number of carbonyl (C=O) groups is 2. The minimum absolute atomic E-state index is 0.0997. The topological polar surface area (TPSA) is 58.2 Å². The molecule has 2 amide bonds. The van der Waals surface area contributed by atoms with Crippen LogP contribution in [0.4, 0.5) is 5.69 Å². The zero-order valence-electron chi connectivity index (χ0n) is 13.1. The minimum Gasteiger partial charge on any atom is -0.355 e. The van der Waals surface area contributed by atoms with Crippen molar-refractivity contribution >= 4 is 17.5 Å². The second kappa shape index (κ2) is 6.89. The van der Waals surface area contributed by atoms with Crippen molar-refractivity contribution in [2.24, 2.45) is 0 Å². The molecule has 0 aliphatic rings. The van der Waals surface area contributed by atoms with E-state index in [4.69, 9.17) is 0 Å². The summed E-state index contributed by atoms with van der Waals surface area (Å²) in [5.74, 6) is -0.275. The van der Waals surface area contributed by atoms with Crippen LogP contribution >= 0.6 is 0 Å². The molecule has 114 valence electrons. The van der Waals surface area contributed by atoms with Gasteiger partial charge in [0.1, 0.15) is 0 Å². The second-order valence-electron chi connectivity index (χ2n) is 5.30. The first-order valence-corrected chi connectivity index (χ1v) is 7.17. The van der Waals surface area contributed by atoms with Gasteiger partial charge in [-0.25, -0.2) is 0 Å². The van der Waals surface area contributed by atoms with E-state index in [9.17, 15) is 9.59 Å². The molecule has 0 atom stereocenters. The number of nitrogens with one attached hydrogen (secondary N) is 2. The molecule has 0 spiro atoms. The number of amides is 2. The Kier molecular flexibility index (Phi) is 4.94. The molecule has 0 aliphatic heterocycles. The second-order valence-corrected chi connectivity index (χ2v) is 5.30. The van der Waals surface area contributed by atoms with E-state index in [0.29, 0.717) is 17.7 Å². The van der Waals surface area contributed by atoms with Gasteiger partial charge in [0.25, 0.3) is 5.91 Å². The molecule has 2 N–H and O–H groups in total. The van der Waals surface area contributed by atoms with Crippen molar-refractivity contribution in [2.75, 3.05) is 12.4 Å². The standard InChI is InChI=1S/C18H20N2O2/c1-12-7-8-14(9-13(12)2)10-17(21)20-16-6-4-5-15(11-16)18(22)19-3/h4-9,11H,10H2,1-3H3,(H,19,22)(H,20,21). The Labute approximate surface area is 130 Å². The molecule has 0 radical (unpaired) electrons. The summed E-state index contributed by atoms with van der Waals surface area (Å²) >= 11 is 0. The highest BCUT2D eigenvalue weighted by Gasteiger charge is 2.08. The van der Waals surface area contributed by atoms with Gasteiger partial charge >= 0.3 is 0 Å². The van der Waals surface area contributed by atoms with Crippen LogP contribution < -0.4 is 10.6 Å². The highest BCUT2D eigenvalue weighted by molar-refractivity contribution is 5.97. The fourth-order valence-corrected chi connectivity index (χ4v) is 2.19. The molecule has 0 aromatic heterocycles. The molecular formula is C18H20N2O2. The first-order chi connectivity index (χ1) is 10.5. The number of hydrogen-bond donors (Lipinski definition) is 2. The first-order valence-electron chi connectivity index (χ1n) is 7.17. The van der Waals surface area contributed by atoms with Gasteiger partial charge in [0.05, 0.1) is 6.42 Å². The summed E-state index contributed by atoms with van der Waals surface area (Å²) in [4.78, 5) is 23.7. The van der Waals surface area contributed by atoms with Crippen LogP contribution in [-0.4, -0.2) is 18.9 Å². The quantitative estimate of drug-likeness (QED) is 0.911. The number of hydrogen-bond acceptors (Lipinski definition) is 2. The van der Waals surface area contributed by atoms with Crippen LogP contribution in [0.25, 0.3) is 0 Å². The number of anilines is 1. The SMILES string of the molecule is CNC(=O)c1cccc(NC(=O)Cc2ccc(C)c(C)c2)c1. The van der Waals surface area contributed by atoms with Crippen molar-refractivity contribution in [3.05, 3.63) is 64.7 Å². The summed E-state index contributed by atoms with van der Waals surface area (Å²) < 4.78 is 0. The van der Waals surface area contributed by atoms with Crippen molar-refractivity contribution in [1.82, 2.24) is 5.32 Å². The number of benzene rings is 2. The minimum atomic E-state index is -0.176. The van der Waals surface area contributed by atoms with E-state index in [0.717, 1.165) is 5.56 Å². The number of aryl methyl sites for hydroxylation is 2. The normalized spacial score (nSPS) is 10.1. The molecule has 0 fully saturated rings. The lowest BCUT2D eigenvalue weighted by Gasteiger charge is -2.08. The van der Waals surface area contributed by atoms with Gasteiger partial charge in [-0.1, -0.05) is 24.3 Å². The van der Waals surface area contributed by atoms with E-state index in [-0.39, 0.29) is 11.8 Å². The first kappa shape index (κ1) is 15.8. The van der Waals surface area contributed by atoms with Crippen molar-refractivity contribution in [3.8, 4) is 0 Å². The maximum atomic E-state index is 12.1. The number of rotatable bonds is 4. The van der Waals surface area contributed by atoms with E-state index < -0.39 is 0 Å². The van der Waals surface area contributed by atoms with Gasteiger partial charge in [-0.05, 0) is 48.7 Å². The third-order valence-electron chi connectivity index (χ3n) is 3.57. The molecule has 4 heteroatoms. The third kappa shape index (κ3) is 3.95. The Bertz CT molecular complexity index is 708. The Morgan fingerprint density at radius 2 is 1.77 bits per heavy atom. The van der Waals surface area contributed by atoms with E-state index in [1.165, 1.54) is 11.1 Å². The summed E-state index contributed by atoms with van der Waals surface area (Å²) in [6.07, 6.45) is 0.311. The highest BCUT2D eigenvalue weighted by atomic mass is 16.2. The van der Waals surface area contributed by atoms with Gasteiger partial charge in [-0.15, -0.1) is 0 Å². The van der Waals surface area contributed by atoms with E-state index in [1.807, 2.05) is 32.0 Å². The molecule has 2 rings (SSSR count). The molecule has 0 unspecified atom stereocenters. The lowest BCUT2D eigenvalue weighted by atomic mass is 10.0. The fourth-order valence-electron chi connectivity index (χ4n) is 2.19. The lowest BCUT2D eigenvalue weighted by molar-refractivity contribution is -0.115. The molecule has 0 heterocycles. The molecular weight excluding hydrogens is 276 g/mol. The van der Waals surface area contributed by atoms with Crippen LogP contribution in [0.1, 0.15) is 27.0 Å². The monoisotopic (exact) mass is 296 g/mol. The van der Waals surface area contributed by atoms with Gasteiger partial charge in [0, 0.05) is 18.3 Å². The molecule has 0 saturated heterocycles. The zero-order valence-corrected chi connectivity index (χ0v) is 13.1. The smallest absolute Gasteiger partial charge is 0.251 e. The Hall–Kier alpha value is -2.62. The van der Waals surface area contributed by atoms with Gasteiger partial charge in [0.2, 0.25) is 5.91 Å². The lowest BCUT2D eigenvalue weighted by Crippen LogP contribution is -2.19. The van der Waals surface area contributed by atoms with Crippen LogP contribution in [0.5, 0.6) is 0 Å². The summed E-state index contributed by atoms with van der Waals surface area (Å²) in [6, 6.07) is 12.9. The van der Waals surface area contributed by atoms with Crippen molar-refractivity contribution < 1.29 is 9.59 Å². The maximum absolute atomic E-state index is 12.1. The van der Waals surface area contributed by atoms with E-state index >= 15 is 0 Å². The molecule has 2 aromatic carbocycles. The van der Waals surface area contributed by atoms with Crippen LogP contribution in [0.15, 0.2) is 42.5 Å². The average Bonchev–Trinajstić information content (AvgIpc) is 2.50. The van der Waals surface area contributed by atoms with E-state index in [1.54, 1.807) is 31.3 Å². The summed E-state index contributed by atoms with van der Waals surface area (Å²) in [6.45, 7) is 4.08. The Morgan fingerprint density at radius 3 is 2.45 bits per heavy atom. The summed E-state index contributed by atoms with van der Waals surface area (Å²) in [5.41, 5.74) is 4.50. The summed E-state index contributed by atoms with van der Waals surface area (Å²) in [5, 5.41) is 5.39. The van der Waals surface area contributed by atoms with Gasteiger partial charge in [-0.2, -0.15) is 0 Å². The Balaban J connectivity index is 2.05. The van der Waals surface area contributed by atoms with Gasteiger partial charge in [0.15, 0.2) is 0 Å². The average molecular weight is 296 g/mol. The molecule has 2 aromatic rings. The van der Waals surface area contributed by atoms with Crippen LogP contribution in [0.2, 0.25) is 0 Å². The van der Waals surface area contributed by atoms with Crippen LogP contribution in [0.3, 0.4) is 0 Å². The van der Waals surface area contributed by atoms with E-state index in [2.05, 4.69) is 10.6 Å². The zero-order chi connectivity index (χ0) is 16.1. The van der Waals surface area contributed by atoms with Crippen molar-refractivity contribution in [1.29, 1.82) is 0 Å². The molecule has 0 bridgehead atoms. The van der Waals surface area contributed by atoms with Crippen molar-refractivity contribution in [2.45, 2.75) is 20.3 Å². The van der Waals surface area contributed by atoms with Gasteiger partial charge in [-0.3, -0.25) is 9.59 Å². The van der Waals surface area contributed by atoms with Crippen molar-refractivity contribution in [3.63, 3.8) is 0 Å². The predicted octanol–water partition coefficient (Wildman–Crippen LogP) is 2.84. The maximum Gasteiger partial charge on any atom is 0.251 e. The largest absolute Gasteiger partial charge is 0.355 e. The predicted molar refractivity (Wildman–Crippen MR) is 88.1 cm³/mol. The molecule has 0 aliphatic carbocycles. The highest BCUT2D eigenvalue weighted by Crippen LogP contribution is 2.13. The molecule has 22 heavy (non-hydrogen) atoms. The summed E-state index contributed by atoms with van der Waals surface area (Å²) in [7, 11) is 1.58.